The lowest BCUT2D eigenvalue weighted by Gasteiger charge is -2.23. The van der Waals surface area contributed by atoms with Crippen LogP contribution in [-0.4, -0.2) is 13.2 Å². The summed E-state index contributed by atoms with van der Waals surface area (Å²) < 4.78 is 18.5. The Bertz CT molecular complexity index is 573. The second kappa shape index (κ2) is 7.48. The molecule has 2 aromatic rings. The third-order valence-corrected chi connectivity index (χ3v) is 4.85. The topological polar surface area (TPSA) is 35.2 Å². The molecule has 0 saturated heterocycles. The zero-order valence-corrected chi connectivity index (χ0v) is 13.1. The number of para-hydroxylation sites is 1. The molecular weight excluding hydrogens is 285 g/mol. The molecule has 2 aromatic carbocycles. The van der Waals surface area contributed by atoms with Gasteiger partial charge in [0.1, 0.15) is 11.6 Å². The molecule has 0 spiro atoms. The second-order valence-corrected chi connectivity index (χ2v) is 6.00. The Labute approximate surface area is 129 Å². The van der Waals surface area contributed by atoms with Gasteiger partial charge in [0, 0.05) is 16.2 Å². The van der Waals surface area contributed by atoms with Gasteiger partial charge in [-0.25, -0.2) is 4.39 Å². The Morgan fingerprint density at radius 3 is 2.43 bits per heavy atom. The summed E-state index contributed by atoms with van der Waals surface area (Å²) in [6, 6.07) is 14.4. The van der Waals surface area contributed by atoms with Gasteiger partial charge in [-0.05, 0) is 36.2 Å². The highest BCUT2D eigenvalue weighted by Crippen LogP contribution is 2.41. The molecule has 0 saturated carbocycles. The van der Waals surface area contributed by atoms with Gasteiger partial charge >= 0.3 is 0 Å². The van der Waals surface area contributed by atoms with Gasteiger partial charge in [0.2, 0.25) is 0 Å². The van der Waals surface area contributed by atoms with Crippen LogP contribution in [0.5, 0.6) is 5.75 Å². The lowest BCUT2D eigenvalue weighted by molar-refractivity contribution is 0.404. The largest absolute Gasteiger partial charge is 0.496 e. The van der Waals surface area contributed by atoms with E-state index in [4.69, 9.17) is 10.5 Å². The lowest BCUT2D eigenvalue weighted by Crippen LogP contribution is -2.25. The maximum absolute atomic E-state index is 13.1. The Morgan fingerprint density at radius 2 is 1.81 bits per heavy atom. The Kier molecular flexibility index (Phi) is 5.65. The maximum Gasteiger partial charge on any atom is 0.132 e. The van der Waals surface area contributed by atoms with E-state index in [0.717, 1.165) is 22.6 Å². The summed E-state index contributed by atoms with van der Waals surface area (Å²) in [6.45, 7) is 2.06. The van der Waals surface area contributed by atoms with E-state index in [1.807, 2.05) is 24.3 Å². The average molecular weight is 305 g/mol. The molecule has 0 aromatic heterocycles. The highest BCUT2D eigenvalue weighted by Gasteiger charge is 2.21. The smallest absolute Gasteiger partial charge is 0.132 e. The summed E-state index contributed by atoms with van der Waals surface area (Å²) >= 11 is 1.66. The fourth-order valence-electron chi connectivity index (χ4n) is 2.12. The van der Waals surface area contributed by atoms with Crippen molar-refractivity contribution in [3.63, 3.8) is 0 Å². The van der Waals surface area contributed by atoms with E-state index in [0.29, 0.717) is 0 Å². The summed E-state index contributed by atoms with van der Waals surface area (Å²) in [5, 5.41) is 0.0619. The maximum atomic E-state index is 13.1. The zero-order valence-electron chi connectivity index (χ0n) is 12.3. The fourth-order valence-corrected chi connectivity index (χ4v) is 3.48. The van der Waals surface area contributed by atoms with Crippen LogP contribution < -0.4 is 10.5 Å². The molecule has 0 bridgehead atoms. The van der Waals surface area contributed by atoms with Crippen LogP contribution in [0.15, 0.2) is 53.4 Å². The lowest BCUT2D eigenvalue weighted by atomic mass is 10.0. The molecule has 0 heterocycles. The van der Waals surface area contributed by atoms with E-state index in [9.17, 15) is 4.39 Å². The predicted molar refractivity (Wildman–Crippen MR) is 86.3 cm³/mol. The van der Waals surface area contributed by atoms with Gasteiger partial charge in [0.15, 0.2) is 0 Å². The molecule has 0 amide bonds. The van der Waals surface area contributed by atoms with E-state index in [1.165, 1.54) is 12.1 Å². The van der Waals surface area contributed by atoms with Crippen LogP contribution >= 0.6 is 11.8 Å². The van der Waals surface area contributed by atoms with Gasteiger partial charge in [-0.15, -0.1) is 11.8 Å². The van der Waals surface area contributed by atoms with Crippen molar-refractivity contribution in [3.05, 3.63) is 59.9 Å². The molecule has 21 heavy (non-hydrogen) atoms. The number of ether oxygens (including phenoxy) is 1. The van der Waals surface area contributed by atoms with Crippen LogP contribution in [0.2, 0.25) is 0 Å². The van der Waals surface area contributed by atoms with Crippen LogP contribution in [0.4, 0.5) is 4.39 Å². The highest BCUT2D eigenvalue weighted by molar-refractivity contribution is 7.99. The third kappa shape index (κ3) is 3.99. The fraction of sp³-hybridized carbons (Fsp3) is 0.294. The first kappa shape index (κ1) is 15.9. The minimum Gasteiger partial charge on any atom is -0.496 e. The van der Waals surface area contributed by atoms with E-state index in [2.05, 4.69) is 6.92 Å². The number of thioether (sulfide) groups is 1. The van der Waals surface area contributed by atoms with Gasteiger partial charge in [0.25, 0.3) is 0 Å². The minimum atomic E-state index is -0.232. The van der Waals surface area contributed by atoms with Crippen LogP contribution in [-0.2, 0) is 0 Å². The molecule has 0 aliphatic carbocycles. The molecule has 0 aliphatic heterocycles. The van der Waals surface area contributed by atoms with Gasteiger partial charge < -0.3 is 10.5 Å². The first-order valence-electron chi connectivity index (χ1n) is 6.96. The Hall–Kier alpha value is -1.52. The van der Waals surface area contributed by atoms with Crippen LogP contribution in [0.3, 0.4) is 0 Å². The Balaban J connectivity index is 2.30. The standard InChI is InChI=1S/C17H20FNOS/c1-3-14(19)17(12-8-10-13(18)11-9-12)21-16-7-5-4-6-15(16)20-2/h4-11,14,17H,3,19H2,1-2H3. The number of nitrogens with two attached hydrogens (primary N) is 1. The summed E-state index contributed by atoms with van der Waals surface area (Å²) in [6.07, 6.45) is 0.851. The molecule has 4 heteroatoms. The summed E-state index contributed by atoms with van der Waals surface area (Å²) in [5.41, 5.74) is 7.30. The minimum absolute atomic E-state index is 0.00891. The van der Waals surface area contributed by atoms with E-state index in [1.54, 1.807) is 31.0 Å². The molecule has 2 nitrogen and oxygen atoms in total. The normalized spacial score (nSPS) is 13.7. The number of halogens is 1. The molecule has 0 radical (unpaired) electrons. The summed E-state index contributed by atoms with van der Waals surface area (Å²) in [4.78, 5) is 1.04. The molecule has 2 atom stereocenters. The van der Waals surface area contributed by atoms with E-state index in [-0.39, 0.29) is 17.1 Å². The van der Waals surface area contributed by atoms with Crippen molar-refractivity contribution in [2.75, 3.05) is 7.11 Å². The van der Waals surface area contributed by atoms with Crippen molar-refractivity contribution in [3.8, 4) is 5.75 Å². The first-order valence-corrected chi connectivity index (χ1v) is 7.84. The number of hydrogen-bond acceptors (Lipinski definition) is 3. The van der Waals surface area contributed by atoms with Crippen molar-refractivity contribution in [1.82, 2.24) is 0 Å². The molecule has 0 fully saturated rings. The van der Waals surface area contributed by atoms with Crippen molar-refractivity contribution in [2.24, 2.45) is 5.73 Å². The molecule has 112 valence electrons. The number of benzene rings is 2. The third-order valence-electron chi connectivity index (χ3n) is 3.38. The Morgan fingerprint density at radius 1 is 1.14 bits per heavy atom. The number of methoxy groups -OCH3 is 1. The molecule has 2 N–H and O–H groups in total. The summed E-state index contributed by atoms with van der Waals surface area (Å²) in [5.74, 6) is 0.600. The number of rotatable bonds is 6. The monoisotopic (exact) mass is 305 g/mol. The van der Waals surface area contributed by atoms with E-state index < -0.39 is 0 Å². The second-order valence-electron chi connectivity index (χ2n) is 4.81. The van der Waals surface area contributed by atoms with Gasteiger partial charge in [0.05, 0.1) is 7.11 Å². The van der Waals surface area contributed by atoms with Crippen molar-refractivity contribution in [1.29, 1.82) is 0 Å². The van der Waals surface area contributed by atoms with E-state index >= 15 is 0 Å². The SMILES string of the molecule is CCC(N)C(Sc1ccccc1OC)c1ccc(F)cc1. The number of hydrogen-bond donors (Lipinski definition) is 1. The quantitative estimate of drug-likeness (QED) is 0.803. The van der Waals surface area contributed by atoms with Crippen LogP contribution in [0.25, 0.3) is 0 Å². The van der Waals surface area contributed by atoms with Crippen molar-refractivity contribution < 1.29 is 9.13 Å². The van der Waals surface area contributed by atoms with Crippen molar-refractivity contribution >= 4 is 11.8 Å². The zero-order chi connectivity index (χ0) is 15.2. The van der Waals surface area contributed by atoms with Gasteiger partial charge in [-0.3, -0.25) is 0 Å². The summed E-state index contributed by atoms with van der Waals surface area (Å²) in [7, 11) is 1.66. The van der Waals surface area contributed by atoms with Gasteiger partial charge in [-0.1, -0.05) is 31.2 Å². The highest BCUT2D eigenvalue weighted by atomic mass is 32.2. The van der Waals surface area contributed by atoms with Crippen LogP contribution in [0.1, 0.15) is 24.2 Å². The van der Waals surface area contributed by atoms with Crippen molar-refractivity contribution in [2.45, 2.75) is 29.5 Å². The molecule has 2 rings (SSSR count). The molecule has 2 unspecified atom stereocenters. The van der Waals surface area contributed by atoms with Crippen LogP contribution in [0, 0.1) is 5.82 Å². The molecular formula is C17H20FNOS. The average Bonchev–Trinajstić information content (AvgIpc) is 2.53. The molecule has 0 aliphatic rings. The predicted octanol–water partition coefficient (Wildman–Crippen LogP) is 4.41. The van der Waals surface area contributed by atoms with Gasteiger partial charge in [-0.2, -0.15) is 0 Å². The first-order chi connectivity index (χ1) is 10.2.